The highest BCUT2D eigenvalue weighted by molar-refractivity contribution is 6.74. The maximum Gasteiger partial charge on any atom is 0.192 e. The Hall–Kier alpha value is -1.16. The van der Waals surface area contributed by atoms with Crippen LogP contribution in [0.4, 0.5) is 0 Å². The molecule has 0 spiro atoms. The summed E-state index contributed by atoms with van der Waals surface area (Å²) in [5, 5.41) is 9.16. The second kappa shape index (κ2) is 10.2. The van der Waals surface area contributed by atoms with Crippen LogP contribution in [-0.2, 0) is 4.43 Å². The lowest BCUT2D eigenvalue weighted by Gasteiger charge is -2.44. The van der Waals surface area contributed by atoms with Crippen LogP contribution in [0.1, 0.15) is 68.2 Å². The van der Waals surface area contributed by atoms with Gasteiger partial charge in [-0.25, -0.2) is 0 Å². The Morgan fingerprint density at radius 1 is 1.17 bits per heavy atom. The van der Waals surface area contributed by atoms with E-state index in [2.05, 4.69) is 79.8 Å². The third-order valence-corrected chi connectivity index (χ3v) is 10.9. The van der Waals surface area contributed by atoms with Gasteiger partial charge in [0.1, 0.15) is 0 Å². The van der Waals surface area contributed by atoms with Gasteiger partial charge in [-0.05, 0) is 62.7 Å². The molecule has 0 bridgehead atoms. The van der Waals surface area contributed by atoms with Crippen LogP contribution in [-0.4, -0.2) is 26.1 Å². The van der Waals surface area contributed by atoms with Crippen molar-refractivity contribution in [3.8, 4) is 0 Å². The number of hydrogen-bond donors (Lipinski definition) is 1. The topological polar surface area (TPSA) is 29.5 Å². The molecule has 0 radical (unpaired) electrons. The minimum Gasteiger partial charge on any atom is -0.414 e. The predicted octanol–water partition coefficient (Wildman–Crippen LogP) is 7.51. The predicted molar refractivity (Wildman–Crippen MR) is 131 cm³/mol. The van der Waals surface area contributed by atoms with E-state index in [0.29, 0.717) is 6.10 Å². The van der Waals surface area contributed by atoms with Gasteiger partial charge < -0.3 is 9.53 Å². The van der Waals surface area contributed by atoms with E-state index in [1.165, 1.54) is 16.7 Å². The molecular formula is C26H44O2Si. The molecule has 2 nitrogen and oxygen atoms in total. The first-order valence-corrected chi connectivity index (χ1v) is 13.8. The molecule has 0 aromatic carbocycles. The van der Waals surface area contributed by atoms with Gasteiger partial charge in [0.15, 0.2) is 8.32 Å². The van der Waals surface area contributed by atoms with E-state index >= 15 is 0 Å². The lowest BCUT2D eigenvalue weighted by Crippen LogP contribution is -2.46. The molecule has 0 aromatic heterocycles. The van der Waals surface area contributed by atoms with Gasteiger partial charge in [-0.3, -0.25) is 0 Å². The Labute approximate surface area is 181 Å². The molecular weight excluding hydrogens is 372 g/mol. The van der Waals surface area contributed by atoms with Crippen LogP contribution in [0.5, 0.6) is 0 Å². The Bertz CT molecular complexity index is 709. The molecule has 164 valence electrons. The Balaban J connectivity index is 2.95. The average Bonchev–Trinajstić information content (AvgIpc) is 2.51. The summed E-state index contributed by atoms with van der Waals surface area (Å²) in [6.07, 6.45) is 14.9. The van der Waals surface area contributed by atoms with Crippen molar-refractivity contribution in [2.75, 3.05) is 6.61 Å². The van der Waals surface area contributed by atoms with Gasteiger partial charge in [0.2, 0.25) is 0 Å². The molecule has 0 saturated heterocycles. The third-order valence-electron chi connectivity index (χ3n) is 6.37. The molecule has 0 amide bonds. The van der Waals surface area contributed by atoms with Crippen LogP contribution < -0.4 is 0 Å². The zero-order chi connectivity index (χ0) is 22.5. The first-order chi connectivity index (χ1) is 13.2. The largest absolute Gasteiger partial charge is 0.414 e. The third kappa shape index (κ3) is 7.88. The van der Waals surface area contributed by atoms with Crippen LogP contribution in [0.3, 0.4) is 0 Å². The highest BCUT2D eigenvalue weighted by Gasteiger charge is 2.42. The van der Waals surface area contributed by atoms with Crippen LogP contribution in [0.2, 0.25) is 18.1 Å². The van der Waals surface area contributed by atoms with Crippen molar-refractivity contribution in [3.05, 3.63) is 58.7 Å². The van der Waals surface area contributed by atoms with Gasteiger partial charge >= 0.3 is 0 Å². The summed E-state index contributed by atoms with van der Waals surface area (Å²) in [5.41, 5.74) is 5.30. The number of aliphatic hydroxyl groups is 1. The first-order valence-electron chi connectivity index (χ1n) is 10.9. The van der Waals surface area contributed by atoms with E-state index in [4.69, 9.17) is 9.53 Å². The summed E-state index contributed by atoms with van der Waals surface area (Å²) in [5.74, 6) is 0. The van der Waals surface area contributed by atoms with E-state index in [1.807, 2.05) is 19.1 Å². The standard InChI is InChI=1S/C26H44O2Si/c1-20(12-11-13-21(2)16-17-27)14-15-24-22(3)18-23(19-26(24,7)8)28-29(9,10)25(4,5)6/h11-16,23,27H,17-19H2,1-10H3/b13-11+,15-14+,20-12+,21-16+/t23-/m1/s1. The molecule has 0 aromatic rings. The molecule has 0 saturated carbocycles. The summed E-state index contributed by atoms with van der Waals surface area (Å²) in [6.45, 7) is 22.8. The number of hydrogen-bond acceptors (Lipinski definition) is 2. The van der Waals surface area contributed by atoms with E-state index < -0.39 is 8.32 Å². The normalized spacial score (nSPS) is 22.2. The van der Waals surface area contributed by atoms with Crippen molar-refractivity contribution in [1.82, 2.24) is 0 Å². The quantitative estimate of drug-likeness (QED) is 0.343. The monoisotopic (exact) mass is 416 g/mol. The van der Waals surface area contributed by atoms with Crippen LogP contribution >= 0.6 is 0 Å². The molecule has 1 rings (SSSR count). The van der Waals surface area contributed by atoms with Crippen molar-refractivity contribution in [2.24, 2.45) is 5.41 Å². The fraction of sp³-hybridized carbons (Fsp3) is 0.615. The lowest BCUT2D eigenvalue weighted by atomic mass is 9.71. The number of aliphatic hydroxyl groups excluding tert-OH is 1. The van der Waals surface area contributed by atoms with E-state index in [-0.39, 0.29) is 17.1 Å². The van der Waals surface area contributed by atoms with Crippen molar-refractivity contribution in [3.63, 3.8) is 0 Å². The molecule has 1 aliphatic carbocycles. The lowest BCUT2D eigenvalue weighted by molar-refractivity contribution is 0.124. The Kier molecular flexibility index (Phi) is 9.13. The van der Waals surface area contributed by atoms with Gasteiger partial charge in [-0.1, -0.05) is 87.8 Å². The minimum absolute atomic E-state index is 0.0847. The van der Waals surface area contributed by atoms with Crippen molar-refractivity contribution in [1.29, 1.82) is 0 Å². The zero-order valence-electron chi connectivity index (χ0n) is 20.5. The molecule has 1 atom stereocenters. The summed E-state index contributed by atoms with van der Waals surface area (Å²) < 4.78 is 6.76. The van der Waals surface area contributed by atoms with Gasteiger partial charge in [0.25, 0.3) is 0 Å². The van der Waals surface area contributed by atoms with Gasteiger partial charge in [-0.15, -0.1) is 0 Å². The smallest absolute Gasteiger partial charge is 0.192 e. The van der Waals surface area contributed by atoms with E-state index in [9.17, 15) is 0 Å². The van der Waals surface area contributed by atoms with Crippen molar-refractivity contribution in [2.45, 2.75) is 92.5 Å². The molecule has 3 heteroatoms. The maximum absolute atomic E-state index is 8.92. The fourth-order valence-corrected chi connectivity index (χ4v) is 5.01. The number of allylic oxidation sites excluding steroid dienone is 8. The fourth-order valence-electron chi connectivity index (χ4n) is 3.66. The van der Waals surface area contributed by atoms with E-state index in [1.54, 1.807) is 6.08 Å². The van der Waals surface area contributed by atoms with Gasteiger partial charge in [0, 0.05) is 6.10 Å². The second-order valence-electron chi connectivity index (χ2n) is 10.7. The molecule has 0 aliphatic heterocycles. The van der Waals surface area contributed by atoms with Crippen LogP contribution in [0, 0.1) is 5.41 Å². The summed E-state index contributed by atoms with van der Waals surface area (Å²) in [7, 11) is -1.75. The average molecular weight is 417 g/mol. The molecule has 1 N–H and O–H groups in total. The van der Waals surface area contributed by atoms with Gasteiger partial charge in [0.05, 0.1) is 6.61 Å². The Morgan fingerprint density at radius 3 is 2.31 bits per heavy atom. The molecule has 1 aliphatic rings. The van der Waals surface area contributed by atoms with E-state index in [0.717, 1.165) is 18.4 Å². The Morgan fingerprint density at radius 2 is 1.79 bits per heavy atom. The summed E-state index contributed by atoms with van der Waals surface area (Å²) in [6, 6.07) is 0. The van der Waals surface area contributed by atoms with Crippen molar-refractivity contribution < 1.29 is 9.53 Å². The minimum atomic E-state index is -1.75. The van der Waals surface area contributed by atoms with Crippen LogP contribution in [0.25, 0.3) is 0 Å². The molecule has 29 heavy (non-hydrogen) atoms. The highest BCUT2D eigenvalue weighted by atomic mass is 28.4. The second-order valence-corrected chi connectivity index (χ2v) is 15.5. The SMILES string of the molecule is CC1=C(/C=C/C(C)=C/C=C/C(C)=C/CO)C(C)(C)C[C@H](O[Si](C)(C)C(C)(C)C)C1. The van der Waals surface area contributed by atoms with Crippen LogP contribution in [0.15, 0.2) is 58.7 Å². The van der Waals surface area contributed by atoms with Crippen molar-refractivity contribution >= 4 is 8.32 Å². The number of rotatable bonds is 7. The molecule has 0 fully saturated rings. The zero-order valence-corrected chi connectivity index (χ0v) is 21.5. The summed E-state index contributed by atoms with van der Waals surface area (Å²) in [4.78, 5) is 0. The molecule has 0 heterocycles. The highest BCUT2D eigenvalue weighted by Crippen LogP contribution is 2.45. The first kappa shape index (κ1) is 25.9. The van der Waals surface area contributed by atoms with Gasteiger partial charge in [-0.2, -0.15) is 0 Å². The summed E-state index contributed by atoms with van der Waals surface area (Å²) >= 11 is 0. The maximum atomic E-state index is 8.92. The molecule has 0 unspecified atom stereocenters.